The van der Waals surface area contributed by atoms with Gasteiger partial charge in [0, 0.05) is 36.1 Å². The molecule has 3 aromatic rings. The van der Waals surface area contributed by atoms with E-state index in [1.807, 2.05) is 24.3 Å². The van der Waals surface area contributed by atoms with Crippen molar-refractivity contribution in [3.05, 3.63) is 101 Å². The van der Waals surface area contributed by atoms with Gasteiger partial charge < -0.3 is 10.1 Å². The van der Waals surface area contributed by atoms with Crippen LogP contribution in [0.15, 0.2) is 72.8 Å². The second kappa shape index (κ2) is 11.4. The minimum atomic E-state index is -0.492. The molecule has 0 aromatic heterocycles. The van der Waals surface area contributed by atoms with Crippen LogP contribution < -0.4 is 5.32 Å². The van der Waals surface area contributed by atoms with E-state index in [1.165, 1.54) is 11.8 Å². The van der Waals surface area contributed by atoms with Gasteiger partial charge in [0.2, 0.25) is 11.8 Å². The van der Waals surface area contributed by atoms with Gasteiger partial charge in [-0.3, -0.25) is 28.9 Å². The largest absolute Gasteiger partial charge is 0.456 e. The number of ketones is 1. The average molecular weight is 565 g/mol. The highest BCUT2D eigenvalue weighted by atomic mass is 16.5. The normalized spacial score (nSPS) is 21.4. The number of carbonyl (C=O) groups excluding carboxylic acids is 5. The van der Waals surface area contributed by atoms with Crippen LogP contribution in [0, 0.1) is 11.8 Å². The highest BCUT2D eigenvalue weighted by Gasteiger charge is 2.61. The monoisotopic (exact) mass is 564 g/mol. The molecule has 0 saturated carbocycles. The van der Waals surface area contributed by atoms with E-state index in [1.54, 1.807) is 24.3 Å². The minimum Gasteiger partial charge on any atom is -0.456 e. The van der Waals surface area contributed by atoms with Gasteiger partial charge >= 0.3 is 5.97 Å². The van der Waals surface area contributed by atoms with Gasteiger partial charge in [0.05, 0.1) is 11.8 Å². The van der Waals surface area contributed by atoms with Crippen LogP contribution >= 0.6 is 0 Å². The Balaban J connectivity index is 0.985. The van der Waals surface area contributed by atoms with Crippen molar-refractivity contribution in [3.63, 3.8) is 0 Å². The van der Waals surface area contributed by atoms with E-state index in [9.17, 15) is 24.0 Å². The van der Waals surface area contributed by atoms with Gasteiger partial charge in [-0.2, -0.15) is 0 Å². The second-order valence-electron chi connectivity index (χ2n) is 11.2. The Kier molecular flexibility index (Phi) is 7.45. The lowest BCUT2D eigenvalue weighted by Gasteiger charge is -2.45. The third-order valence-electron chi connectivity index (χ3n) is 8.72. The van der Waals surface area contributed by atoms with Crippen LogP contribution in [0.5, 0.6) is 0 Å². The number of likely N-dealkylation sites (tertiary alicyclic amines) is 1. The number of anilines is 1. The summed E-state index contributed by atoms with van der Waals surface area (Å²) in [6, 6.07) is 22.9. The van der Waals surface area contributed by atoms with Crippen LogP contribution in [0.2, 0.25) is 0 Å². The van der Waals surface area contributed by atoms with E-state index in [-0.39, 0.29) is 47.7 Å². The highest BCUT2D eigenvalue weighted by Crippen LogP contribution is 2.60. The summed E-state index contributed by atoms with van der Waals surface area (Å²) in [6.45, 7) is 1.35. The number of unbranched alkanes of at least 4 members (excludes halogenated alkanes) is 2. The maximum absolute atomic E-state index is 13.6. The zero-order valence-electron chi connectivity index (χ0n) is 23.4. The molecule has 42 heavy (non-hydrogen) atoms. The van der Waals surface area contributed by atoms with E-state index < -0.39 is 18.5 Å². The quantitative estimate of drug-likeness (QED) is 0.164. The predicted octanol–water partition coefficient (Wildman–Crippen LogP) is 4.82. The van der Waals surface area contributed by atoms with Gasteiger partial charge in [-0.25, -0.2) is 0 Å². The zero-order chi connectivity index (χ0) is 29.4. The first-order chi connectivity index (χ1) is 20.3. The predicted molar refractivity (Wildman–Crippen MR) is 155 cm³/mol. The Hall–Kier alpha value is -4.59. The molecule has 8 nitrogen and oxygen atoms in total. The van der Waals surface area contributed by atoms with Crippen LogP contribution in [0.4, 0.5) is 5.69 Å². The minimum absolute atomic E-state index is 0.0942. The topological polar surface area (TPSA) is 110 Å². The van der Waals surface area contributed by atoms with Crippen molar-refractivity contribution in [3.8, 4) is 0 Å². The summed E-state index contributed by atoms with van der Waals surface area (Å²) in [5.74, 6) is -2.26. The van der Waals surface area contributed by atoms with Gasteiger partial charge in [-0.05, 0) is 54.2 Å². The molecular weight excluding hydrogens is 532 g/mol. The smallest absolute Gasteiger partial charge is 0.306 e. The summed E-state index contributed by atoms with van der Waals surface area (Å²) in [4.78, 5) is 64.5. The molecule has 2 bridgehead atoms. The molecule has 3 aromatic carbocycles. The molecular formula is C34H32N2O6. The Morgan fingerprint density at radius 1 is 0.762 bits per heavy atom. The Morgan fingerprint density at radius 3 is 1.88 bits per heavy atom. The summed E-state index contributed by atoms with van der Waals surface area (Å²) in [5, 5.41) is 2.61. The maximum Gasteiger partial charge on any atom is 0.306 e. The fourth-order valence-electron chi connectivity index (χ4n) is 6.91. The van der Waals surface area contributed by atoms with Crippen molar-refractivity contribution < 1.29 is 28.7 Å². The van der Waals surface area contributed by atoms with Crippen molar-refractivity contribution in [2.75, 3.05) is 18.5 Å². The lowest BCUT2D eigenvalue weighted by atomic mass is 9.55. The third-order valence-corrected chi connectivity index (χ3v) is 8.72. The Morgan fingerprint density at radius 2 is 1.33 bits per heavy atom. The standard InChI is InChI=1S/C34H32N2O6/c1-20(37)21-10-9-11-22(18-21)35-27(38)19-42-28(39)16-3-2-8-17-36-33(40)31-29-23-12-4-5-13-24(23)30(32(31)34(36)41)26-15-7-6-14-25(26)29/h4-7,9-15,18,29-32H,2-3,8,16-17,19H2,1H3,(H,35,38)/t29?,30?,31-,32-/m0/s1. The number of rotatable bonds is 10. The van der Waals surface area contributed by atoms with Crippen LogP contribution in [-0.2, 0) is 23.9 Å². The van der Waals surface area contributed by atoms with Gasteiger partial charge in [0.15, 0.2) is 12.4 Å². The number of nitrogens with zero attached hydrogens (tertiary/aromatic N) is 1. The summed E-state index contributed by atoms with van der Waals surface area (Å²) in [7, 11) is 0. The first-order valence-electron chi connectivity index (χ1n) is 14.4. The van der Waals surface area contributed by atoms with Crippen LogP contribution in [0.3, 0.4) is 0 Å². The highest BCUT2D eigenvalue weighted by molar-refractivity contribution is 6.07. The number of carbonyl (C=O) groups is 5. The molecule has 0 radical (unpaired) electrons. The number of hydrogen-bond donors (Lipinski definition) is 1. The molecule has 3 aliphatic carbocycles. The maximum atomic E-state index is 13.6. The number of amides is 3. The summed E-state index contributed by atoms with van der Waals surface area (Å²) in [5.41, 5.74) is 5.55. The van der Waals surface area contributed by atoms with Crippen molar-refractivity contribution in [2.45, 2.75) is 44.4 Å². The van der Waals surface area contributed by atoms with Gasteiger partial charge in [-0.15, -0.1) is 0 Å². The SMILES string of the molecule is CC(=O)c1cccc(NC(=O)COC(=O)CCCCCN2C(=O)[C@H]3C4c5ccccc5C(c5ccccc54)[C@@H]3C2=O)c1. The molecule has 1 heterocycles. The first kappa shape index (κ1) is 27.6. The second-order valence-corrected chi connectivity index (χ2v) is 11.2. The number of imide groups is 1. The van der Waals surface area contributed by atoms with Crippen molar-refractivity contribution >= 4 is 35.2 Å². The molecule has 3 amide bonds. The van der Waals surface area contributed by atoms with Crippen molar-refractivity contribution in [2.24, 2.45) is 11.8 Å². The molecule has 214 valence electrons. The summed E-state index contributed by atoms with van der Waals surface area (Å²) in [6.07, 6.45) is 1.88. The molecule has 1 fully saturated rings. The molecule has 0 unspecified atom stereocenters. The summed E-state index contributed by atoms with van der Waals surface area (Å²) >= 11 is 0. The Bertz CT molecular complexity index is 1480. The van der Waals surface area contributed by atoms with Crippen molar-refractivity contribution in [1.29, 1.82) is 0 Å². The van der Waals surface area contributed by atoms with E-state index in [4.69, 9.17) is 4.74 Å². The van der Waals surface area contributed by atoms with Crippen molar-refractivity contribution in [1.82, 2.24) is 4.90 Å². The lowest BCUT2D eigenvalue weighted by molar-refractivity contribution is -0.147. The fourth-order valence-corrected chi connectivity index (χ4v) is 6.91. The molecule has 1 aliphatic heterocycles. The van der Waals surface area contributed by atoms with Gasteiger partial charge in [0.25, 0.3) is 5.91 Å². The van der Waals surface area contributed by atoms with E-state index >= 15 is 0 Å². The number of esters is 1. The van der Waals surface area contributed by atoms with E-state index in [0.29, 0.717) is 37.1 Å². The molecule has 0 spiro atoms. The molecule has 8 heteroatoms. The average Bonchev–Trinajstić information content (AvgIpc) is 3.25. The molecule has 2 atom stereocenters. The van der Waals surface area contributed by atoms with Crippen LogP contribution in [0.25, 0.3) is 0 Å². The molecule has 4 aliphatic rings. The fraction of sp³-hybridized carbons (Fsp3) is 0.324. The molecule has 1 N–H and O–H groups in total. The third kappa shape index (κ3) is 4.91. The lowest BCUT2D eigenvalue weighted by Crippen LogP contribution is -2.41. The molecule has 7 rings (SSSR count). The van der Waals surface area contributed by atoms with E-state index in [0.717, 1.165) is 22.3 Å². The summed E-state index contributed by atoms with van der Waals surface area (Å²) < 4.78 is 5.09. The number of ether oxygens (including phenoxy) is 1. The number of nitrogens with one attached hydrogen (secondary N) is 1. The van der Waals surface area contributed by atoms with E-state index in [2.05, 4.69) is 29.6 Å². The number of benzene rings is 3. The number of hydrogen-bond acceptors (Lipinski definition) is 6. The Labute approximate surface area is 244 Å². The van der Waals surface area contributed by atoms with Crippen LogP contribution in [-0.4, -0.2) is 47.5 Å². The zero-order valence-corrected chi connectivity index (χ0v) is 23.4. The molecule has 1 saturated heterocycles. The van der Waals surface area contributed by atoms with Crippen LogP contribution in [0.1, 0.15) is 77.1 Å². The van der Waals surface area contributed by atoms with Gasteiger partial charge in [-0.1, -0.05) is 67.1 Å². The number of Topliss-reactive ketones (excluding diaryl/α,β-unsaturated/α-hetero) is 1. The van der Waals surface area contributed by atoms with Gasteiger partial charge in [0.1, 0.15) is 0 Å². The first-order valence-corrected chi connectivity index (χ1v) is 14.4.